The highest BCUT2D eigenvalue weighted by Gasteiger charge is 2.22. The van der Waals surface area contributed by atoms with Crippen molar-refractivity contribution < 1.29 is 4.74 Å². The van der Waals surface area contributed by atoms with Gasteiger partial charge in [0.1, 0.15) is 12.4 Å². The van der Waals surface area contributed by atoms with Crippen LogP contribution in [0.15, 0.2) is 42.7 Å². The van der Waals surface area contributed by atoms with Crippen LogP contribution >= 0.6 is 0 Å². The van der Waals surface area contributed by atoms with Gasteiger partial charge < -0.3 is 4.74 Å². The molecule has 0 saturated carbocycles. The molecule has 116 valence electrons. The first-order chi connectivity index (χ1) is 10.8. The number of benzene rings is 1. The van der Waals surface area contributed by atoms with E-state index in [1.54, 1.807) is 0 Å². The summed E-state index contributed by atoms with van der Waals surface area (Å²) in [4.78, 5) is 11.4. The van der Waals surface area contributed by atoms with E-state index in [4.69, 9.17) is 4.74 Å². The summed E-state index contributed by atoms with van der Waals surface area (Å²) in [5.41, 5.74) is 2.13. The van der Waals surface area contributed by atoms with E-state index in [0.29, 0.717) is 5.92 Å². The van der Waals surface area contributed by atoms with Crippen molar-refractivity contribution in [1.82, 2.24) is 14.9 Å². The number of hydrogen-bond donors (Lipinski definition) is 0. The van der Waals surface area contributed by atoms with E-state index >= 15 is 0 Å². The second-order valence-electron chi connectivity index (χ2n) is 5.89. The molecule has 0 amide bonds. The molecule has 1 unspecified atom stereocenters. The van der Waals surface area contributed by atoms with Crippen LogP contribution in [0.2, 0.25) is 0 Å². The predicted molar refractivity (Wildman–Crippen MR) is 87.1 cm³/mol. The highest BCUT2D eigenvalue weighted by Crippen LogP contribution is 2.25. The largest absolute Gasteiger partial charge is 0.492 e. The Labute approximate surface area is 132 Å². The third-order valence-corrected chi connectivity index (χ3v) is 4.12. The Morgan fingerprint density at radius 1 is 1.23 bits per heavy atom. The quantitative estimate of drug-likeness (QED) is 0.850. The minimum absolute atomic E-state index is 0.498. The maximum absolute atomic E-state index is 5.80. The Kier molecular flexibility index (Phi) is 5.01. The maximum Gasteiger partial charge on any atom is 0.119 e. The molecule has 1 saturated heterocycles. The van der Waals surface area contributed by atoms with Gasteiger partial charge in [-0.15, -0.1) is 0 Å². The van der Waals surface area contributed by atoms with Crippen LogP contribution in [0.5, 0.6) is 5.75 Å². The number of piperidine rings is 1. The SMILES string of the molecule is Cc1cncc(C2CCCN(CCOc3ccccc3)C2)n1. The molecule has 0 bridgehead atoms. The Morgan fingerprint density at radius 3 is 2.91 bits per heavy atom. The first kappa shape index (κ1) is 15.0. The van der Waals surface area contributed by atoms with Crippen molar-refractivity contribution in [2.75, 3.05) is 26.2 Å². The predicted octanol–water partition coefficient (Wildman–Crippen LogP) is 3.04. The van der Waals surface area contributed by atoms with E-state index in [1.165, 1.54) is 12.8 Å². The van der Waals surface area contributed by atoms with E-state index in [0.717, 1.165) is 43.4 Å². The molecule has 0 spiro atoms. The molecule has 1 aliphatic heterocycles. The van der Waals surface area contributed by atoms with Crippen LogP contribution in [0.4, 0.5) is 0 Å². The van der Waals surface area contributed by atoms with Crippen LogP contribution < -0.4 is 4.74 Å². The van der Waals surface area contributed by atoms with Gasteiger partial charge in [0, 0.05) is 31.4 Å². The van der Waals surface area contributed by atoms with Crippen LogP contribution in [0.3, 0.4) is 0 Å². The fourth-order valence-corrected chi connectivity index (χ4v) is 2.99. The van der Waals surface area contributed by atoms with Gasteiger partial charge in [-0.1, -0.05) is 18.2 Å². The van der Waals surface area contributed by atoms with Crippen molar-refractivity contribution in [3.05, 3.63) is 54.1 Å². The molecule has 22 heavy (non-hydrogen) atoms. The summed E-state index contributed by atoms with van der Waals surface area (Å²) in [6, 6.07) is 10.0. The molecule has 1 fully saturated rings. The summed E-state index contributed by atoms with van der Waals surface area (Å²) in [7, 11) is 0. The molecule has 3 rings (SSSR count). The number of aryl methyl sites for hydroxylation is 1. The summed E-state index contributed by atoms with van der Waals surface area (Å²) in [5.74, 6) is 1.44. The minimum atomic E-state index is 0.498. The first-order valence-electron chi connectivity index (χ1n) is 8.00. The molecule has 2 heterocycles. The van der Waals surface area contributed by atoms with Crippen molar-refractivity contribution >= 4 is 0 Å². The zero-order chi connectivity index (χ0) is 15.2. The van der Waals surface area contributed by atoms with Crippen molar-refractivity contribution in [2.45, 2.75) is 25.7 Å². The van der Waals surface area contributed by atoms with Gasteiger partial charge >= 0.3 is 0 Å². The van der Waals surface area contributed by atoms with E-state index < -0.39 is 0 Å². The maximum atomic E-state index is 5.80. The van der Waals surface area contributed by atoms with E-state index in [2.05, 4.69) is 14.9 Å². The highest BCUT2D eigenvalue weighted by atomic mass is 16.5. The summed E-state index contributed by atoms with van der Waals surface area (Å²) in [5, 5.41) is 0. The van der Waals surface area contributed by atoms with Crippen LogP contribution in [0.1, 0.15) is 30.1 Å². The van der Waals surface area contributed by atoms with Crippen LogP contribution in [-0.4, -0.2) is 41.1 Å². The Hall–Kier alpha value is -1.94. The number of ether oxygens (including phenoxy) is 1. The molecule has 0 N–H and O–H groups in total. The molecule has 4 heteroatoms. The van der Waals surface area contributed by atoms with Crippen LogP contribution in [-0.2, 0) is 0 Å². The molecule has 4 nitrogen and oxygen atoms in total. The Bertz CT molecular complexity index is 588. The van der Waals surface area contributed by atoms with E-state index in [-0.39, 0.29) is 0 Å². The molecular formula is C18H23N3O. The summed E-state index contributed by atoms with van der Waals surface area (Å²) >= 11 is 0. The van der Waals surface area contributed by atoms with Gasteiger partial charge in [-0.2, -0.15) is 0 Å². The lowest BCUT2D eigenvalue weighted by Gasteiger charge is -2.32. The first-order valence-corrected chi connectivity index (χ1v) is 8.00. The summed E-state index contributed by atoms with van der Waals surface area (Å²) < 4.78 is 5.80. The van der Waals surface area contributed by atoms with Gasteiger partial charge in [0.05, 0.1) is 11.4 Å². The average Bonchev–Trinajstić information content (AvgIpc) is 2.56. The lowest BCUT2D eigenvalue weighted by molar-refractivity contribution is 0.169. The molecule has 2 aromatic rings. The summed E-state index contributed by atoms with van der Waals surface area (Å²) in [6.45, 7) is 5.90. The second kappa shape index (κ2) is 7.36. The van der Waals surface area contributed by atoms with Gasteiger partial charge in [-0.3, -0.25) is 14.9 Å². The smallest absolute Gasteiger partial charge is 0.119 e. The standard InChI is InChI=1S/C18H23N3O/c1-15-12-19-13-18(20-15)16-6-5-9-21(14-16)10-11-22-17-7-3-2-4-8-17/h2-4,7-8,12-13,16H,5-6,9-11,14H2,1H3. The van der Waals surface area contributed by atoms with Crippen molar-refractivity contribution in [3.63, 3.8) is 0 Å². The normalized spacial score (nSPS) is 19.0. The topological polar surface area (TPSA) is 38.2 Å². The lowest BCUT2D eigenvalue weighted by atomic mass is 9.95. The molecule has 1 aromatic carbocycles. The minimum Gasteiger partial charge on any atom is -0.492 e. The zero-order valence-electron chi connectivity index (χ0n) is 13.1. The third-order valence-electron chi connectivity index (χ3n) is 4.12. The van der Waals surface area contributed by atoms with E-state index in [1.807, 2.05) is 49.6 Å². The molecular weight excluding hydrogens is 274 g/mol. The zero-order valence-corrected chi connectivity index (χ0v) is 13.1. The molecule has 0 aliphatic carbocycles. The van der Waals surface area contributed by atoms with Crippen molar-refractivity contribution in [2.24, 2.45) is 0 Å². The number of para-hydroxylation sites is 1. The van der Waals surface area contributed by atoms with E-state index in [9.17, 15) is 0 Å². The number of hydrogen-bond acceptors (Lipinski definition) is 4. The lowest BCUT2D eigenvalue weighted by Crippen LogP contribution is -2.37. The molecule has 1 aromatic heterocycles. The van der Waals surface area contributed by atoms with Crippen LogP contribution in [0.25, 0.3) is 0 Å². The average molecular weight is 297 g/mol. The van der Waals surface area contributed by atoms with Gasteiger partial charge in [0.2, 0.25) is 0 Å². The Balaban J connectivity index is 1.50. The Morgan fingerprint density at radius 2 is 2.09 bits per heavy atom. The molecule has 1 atom stereocenters. The fourth-order valence-electron chi connectivity index (χ4n) is 2.99. The monoisotopic (exact) mass is 297 g/mol. The van der Waals surface area contributed by atoms with Gasteiger partial charge in [-0.05, 0) is 38.4 Å². The second-order valence-corrected chi connectivity index (χ2v) is 5.89. The van der Waals surface area contributed by atoms with Crippen molar-refractivity contribution in [1.29, 1.82) is 0 Å². The number of rotatable bonds is 5. The number of nitrogens with zero attached hydrogens (tertiary/aromatic N) is 3. The van der Waals surface area contributed by atoms with Gasteiger partial charge in [0.25, 0.3) is 0 Å². The summed E-state index contributed by atoms with van der Waals surface area (Å²) in [6.07, 6.45) is 6.15. The van der Waals surface area contributed by atoms with Gasteiger partial charge in [0.15, 0.2) is 0 Å². The van der Waals surface area contributed by atoms with Gasteiger partial charge in [-0.25, -0.2) is 0 Å². The number of aromatic nitrogens is 2. The van der Waals surface area contributed by atoms with Crippen LogP contribution in [0, 0.1) is 6.92 Å². The van der Waals surface area contributed by atoms with Crippen molar-refractivity contribution in [3.8, 4) is 5.75 Å². The fraction of sp³-hybridized carbons (Fsp3) is 0.444. The molecule has 1 aliphatic rings. The molecule has 0 radical (unpaired) electrons. The highest BCUT2D eigenvalue weighted by molar-refractivity contribution is 5.20. The number of likely N-dealkylation sites (tertiary alicyclic amines) is 1. The third kappa shape index (κ3) is 4.04.